The van der Waals surface area contributed by atoms with E-state index in [-0.39, 0.29) is 35.3 Å². The van der Waals surface area contributed by atoms with Gasteiger partial charge < -0.3 is 15.2 Å². The molecule has 10 heteroatoms. The Bertz CT molecular complexity index is 1400. The van der Waals surface area contributed by atoms with Crippen LogP contribution in [0, 0.1) is 0 Å². The number of benzene rings is 1. The first-order valence-electron chi connectivity index (χ1n) is 10.3. The second kappa shape index (κ2) is 8.21. The summed E-state index contributed by atoms with van der Waals surface area (Å²) in [5.41, 5.74) is 0.438. The zero-order valence-electron chi connectivity index (χ0n) is 17.2. The quantitative estimate of drug-likeness (QED) is 0.454. The number of aromatic amines is 2. The lowest BCUT2D eigenvalue weighted by atomic mass is 9.73. The zero-order chi connectivity index (χ0) is 23.1. The molecule has 1 aliphatic heterocycles. The number of ketones is 1. The van der Waals surface area contributed by atoms with E-state index in [1.807, 2.05) is 17.5 Å². The number of allylic oxidation sites excluding steroid dienone is 2. The Balaban J connectivity index is 1.69. The lowest BCUT2D eigenvalue weighted by Crippen LogP contribution is -2.37. The Hall–Kier alpha value is -3.92. The van der Waals surface area contributed by atoms with Gasteiger partial charge in [0.1, 0.15) is 11.6 Å². The van der Waals surface area contributed by atoms with E-state index in [0.717, 1.165) is 4.88 Å². The number of thiophene rings is 1. The van der Waals surface area contributed by atoms with Crippen LogP contribution in [0.25, 0.3) is 0 Å². The van der Waals surface area contributed by atoms with Gasteiger partial charge >= 0.3 is 11.7 Å². The standard InChI is InChI=1S/C23H19N3O6S/c27-14-9-11(16-6-3-7-33-16)8-13-19(14)18(20-21(24-13)25-23(31)26-22(20)30)12-4-1-2-5-15(12)32-10-17(28)29/h1-7,11,18H,8-10H2,(H,28,29)(H3,24,25,26,30,31)/t11-,18-/m1/s1. The molecule has 168 valence electrons. The van der Waals surface area contributed by atoms with Crippen LogP contribution in [-0.2, 0) is 9.59 Å². The summed E-state index contributed by atoms with van der Waals surface area (Å²) in [7, 11) is 0. The minimum absolute atomic E-state index is 0.0156. The van der Waals surface area contributed by atoms with E-state index in [1.165, 1.54) is 0 Å². The zero-order valence-corrected chi connectivity index (χ0v) is 18.0. The number of para-hydroxylation sites is 1. The fourth-order valence-electron chi connectivity index (χ4n) is 4.58. The van der Waals surface area contributed by atoms with Gasteiger partial charge in [0.05, 0.1) is 11.5 Å². The minimum Gasteiger partial charge on any atom is -0.482 e. The Morgan fingerprint density at radius 2 is 1.91 bits per heavy atom. The van der Waals surface area contributed by atoms with Gasteiger partial charge in [0.25, 0.3) is 5.56 Å². The van der Waals surface area contributed by atoms with Crippen LogP contribution in [0.3, 0.4) is 0 Å². The second-order valence-electron chi connectivity index (χ2n) is 7.91. The first kappa shape index (κ1) is 21.0. The van der Waals surface area contributed by atoms with Crippen molar-refractivity contribution in [1.82, 2.24) is 9.97 Å². The maximum Gasteiger partial charge on any atom is 0.341 e. The summed E-state index contributed by atoms with van der Waals surface area (Å²) in [6, 6.07) is 10.6. The first-order valence-corrected chi connectivity index (χ1v) is 11.2. The number of fused-ring (bicyclic) bond motifs is 1. The van der Waals surface area contributed by atoms with Crippen molar-refractivity contribution < 1.29 is 19.4 Å². The maximum absolute atomic E-state index is 13.5. The van der Waals surface area contributed by atoms with Crippen LogP contribution in [0.5, 0.6) is 5.75 Å². The van der Waals surface area contributed by atoms with Crippen molar-refractivity contribution in [2.24, 2.45) is 0 Å². The van der Waals surface area contributed by atoms with Gasteiger partial charge in [-0.2, -0.15) is 0 Å². The molecule has 1 aliphatic carbocycles. The summed E-state index contributed by atoms with van der Waals surface area (Å²) in [4.78, 5) is 55.4. The molecular weight excluding hydrogens is 446 g/mol. The Kier molecular flexibility index (Phi) is 5.21. The highest BCUT2D eigenvalue weighted by Crippen LogP contribution is 2.48. The SMILES string of the molecule is O=C(O)COc1ccccc1[C@@H]1C2=C(C[C@@H](c3cccs3)CC2=O)Nc2[nH]c(=O)[nH]c(=O)c21. The van der Waals surface area contributed by atoms with Crippen molar-refractivity contribution in [3.05, 3.63) is 89.9 Å². The number of nitrogens with one attached hydrogen (secondary N) is 3. The van der Waals surface area contributed by atoms with Crippen molar-refractivity contribution in [2.45, 2.75) is 24.7 Å². The van der Waals surface area contributed by atoms with Gasteiger partial charge in [-0.05, 0) is 23.9 Å². The Labute approximate surface area is 190 Å². The van der Waals surface area contributed by atoms with Crippen LogP contribution < -0.4 is 21.3 Å². The minimum atomic E-state index is -1.15. The van der Waals surface area contributed by atoms with Crippen LogP contribution >= 0.6 is 11.3 Å². The predicted octanol–water partition coefficient (Wildman–Crippen LogP) is 2.55. The summed E-state index contributed by atoms with van der Waals surface area (Å²) >= 11 is 1.58. The molecule has 3 aromatic rings. The molecule has 4 N–H and O–H groups in total. The molecule has 5 rings (SSSR count). The van der Waals surface area contributed by atoms with Gasteiger partial charge in [-0.3, -0.25) is 19.6 Å². The average molecular weight is 465 g/mol. The largest absolute Gasteiger partial charge is 0.482 e. The Morgan fingerprint density at radius 1 is 1.09 bits per heavy atom. The van der Waals surface area contributed by atoms with E-state index in [0.29, 0.717) is 23.3 Å². The fraction of sp³-hybridized carbons (Fsp3) is 0.217. The number of carboxylic acid groups (broad SMARTS) is 1. The normalized spacial score (nSPS) is 19.5. The number of hydrogen-bond donors (Lipinski definition) is 4. The summed E-state index contributed by atoms with van der Waals surface area (Å²) in [5, 5.41) is 14.2. The average Bonchev–Trinajstić information content (AvgIpc) is 3.31. The molecule has 0 radical (unpaired) electrons. The van der Waals surface area contributed by atoms with Crippen molar-refractivity contribution >= 4 is 28.9 Å². The highest BCUT2D eigenvalue weighted by Gasteiger charge is 2.41. The lowest BCUT2D eigenvalue weighted by molar-refractivity contribution is -0.139. The summed E-state index contributed by atoms with van der Waals surface area (Å²) < 4.78 is 5.49. The highest BCUT2D eigenvalue weighted by molar-refractivity contribution is 7.10. The molecular formula is C23H19N3O6S. The summed E-state index contributed by atoms with van der Waals surface area (Å²) in [6.07, 6.45) is 0.816. The fourth-order valence-corrected chi connectivity index (χ4v) is 5.41. The number of hydrogen-bond acceptors (Lipinski definition) is 7. The molecule has 0 amide bonds. The van der Waals surface area contributed by atoms with E-state index in [2.05, 4.69) is 15.3 Å². The summed E-state index contributed by atoms with van der Waals surface area (Å²) in [5.74, 6) is -1.62. The number of aliphatic carboxylic acids is 1. The highest BCUT2D eigenvalue weighted by atomic mass is 32.1. The smallest absolute Gasteiger partial charge is 0.341 e. The molecule has 1 aromatic carbocycles. The molecule has 0 unspecified atom stereocenters. The number of carbonyl (C=O) groups is 2. The molecule has 2 atom stereocenters. The second-order valence-corrected chi connectivity index (χ2v) is 8.89. The molecule has 0 bridgehead atoms. The third kappa shape index (κ3) is 3.78. The number of carboxylic acids is 1. The Morgan fingerprint density at radius 3 is 2.67 bits per heavy atom. The number of H-pyrrole nitrogens is 2. The van der Waals surface area contributed by atoms with E-state index >= 15 is 0 Å². The van der Waals surface area contributed by atoms with Gasteiger partial charge in [0, 0.05) is 34.0 Å². The van der Waals surface area contributed by atoms with Crippen molar-refractivity contribution in [2.75, 3.05) is 11.9 Å². The molecule has 9 nitrogen and oxygen atoms in total. The third-order valence-electron chi connectivity index (χ3n) is 5.87. The molecule has 33 heavy (non-hydrogen) atoms. The van der Waals surface area contributed by atoms with Gasteiger partial charge in [-0.1, -0.05) is 24.3 Å². The molecule has 0 fully saturated rings. The summed E-state index contributed by atoms with van der Waals surface area (Å²) in [6.45, 7) is -0.572. The monoisotopic (exact) mass is 465 g/mol. The van der Waals surface area contributed by atoms with E-state index < -0.39 is 29.7 Å². The predicted molar refractivity (Wildman–Crippen MR) is 121 cm³/mol. The van der Waals surface area contributed by atoms with Crippen molar-refractivity contribution in [3.8, 4) is 5.75 Å². The molecule has 0 saturated carbocycles. The first-order chi connectivity index (χ1) is 15.9. The lowest BCUT2D eigenvalue weighted by Gasteiger charge is -2.35. The molecule has 0 saturated heterocycles. The number of aromatic nitrogens is 2. The van der Waals surface area contributed by atoms with E-state index in [9.17, 15) is 19.2 Å². The maximum atomic E-state index is 13.5. The molecule has 3 heterocycles. The molecule has 0 spiro atoms. The van der Waals surface area contributed by atoms with Crippen LogP contribution in [0.15, 0.2) is 62.6 Å². The number of rotatable bonds is 5. The van der Waals surface area contributed by atoms with Gasteiger partial charge in [0.2, 0.25) is 0 Å². The van der Waals surface area contributed by atoms with E-state index in [1.54, 1.807) is 35.6 Å². The molecule has 2 aromatic heterocycles. The van der Waals surface area contributed by atoms with Crippen LogP contribution in [0.2, 0.25) is 0 Å². The molecule has 2 aliphatic rings. The number of carbonyl (C=O) groups excluding carboxylic acids is 1. The number of Topliss-reactive ketones (excluding diaryl/α,β-unsaturated/α-hetero) is 1. The van der Waals surface area contributed by atoms with Gasteiger partial charge in [-0.15, -0.1) is 11.3 Å². The van der Waals surface area contributed by atoms with Crippen molar-refractivity contribution in [3.63, 3.8) is 0 Å². The van der Waals surface area contributed by atoms with Crippen LogP contribution in [-0.4, -0.2) is 33.4 Å². The topological polar surface area (TPSA) is 141 Å². The van der Waals surface area contributed by atoms with Gasteiger partial charge in [-0.25, -0.2) is 9.59 Å². The van der Waals surface area contributed by atoms with Crippen molar-refractivity contribution in [1.29, 1.82) is 0 Å². The van der Waals surface area contributed by atoms with Gasteiger partial charge in [0.15, 0.2) is 12.4 Å². The van der Waals surface area contributed by atoms with Crippen LogP contribution in [0.1, 0.15) is 40.7 Å². The van der Waals surface area contributed by atoms with Crippen LogP contribution in [0.4, 0.5) is 5.82 Å². The third-order valence-corrected chi connectivity index (χ3v) is 6.90. The number of ether oxygens (including phenoxy) is 1. The van der Waals surface area contributed by atoms with E-state index in [4.69, 9.17) is 9.84 Å². The number of anilines is 1.